The van der Waals surface area contributed by atoms with Crippen molar-refractivity contribution in [3.05, 3.63) is 18.3 Å². The molecular formula is C11H16Cl2N2O. The van der Waals surface area contributed by atoms with E-state index in [2.05, 4.69) is 17.2 Å². The zero-order valence-corrected chi connectivity index (χ0v) is 11.0. The van der Waals surface area contributed by atoms with Gasteiger partial charge in [0, 0.05) is 29.7 Å². The van der Waals surface area contributed by atoms with Crippen molar-refractivity contribution in [2.45, 2.75) is 18.9 Å². The maximum atomic E-state index is 5.95. The third kappa shape index (κ3) is 3.16. The minimum atomic E-state index is -0.282. The molecular weight excluding hydrogens is 247 g/mol. The van der Waals surface area contributed by atoms with Gasteiger partial charge in [0.25, 0.3) is 0 Å². The number of hydrogen-bond acceptors (Lipinski definition) is 3. The average molecular weight is 263 g/mol. The van der Waals surface area contributed by atoms with Gasteiger partial charge in [-0.3, -0.25) is 0 Å². The number of rotatable bonds is 6. The van der Waals surface area contributed by atoms with Gasteiger partial charge in [-0.15, -0.1) is 23.2 Å². The van der Waals surface area contributed by atoms with Gasteiger partial charge in [-0.05, 0) is 12.5 Å². The lowest BCUT2D eigenvalue weighted by Crippen LogP contribution is -2.41. The van der Waals surface area contributed by atoms with E-state index in [0.29, 0.717) is 17.6 Å². The van der Waals surface area contributed by atoms with Gasteiger partial charge in [-0.2, -0.15) is 0 Å². The zero-order valence-electron chi connectivity index (χ0n) is 9.46. The summed E-state index contributed by atoms with van der Waals surface area (Å²) in [4.78, 5) is 4.04. The molecule has 0 spiro atoms. The van der Waals surface area contributed by atoms with Crippen LogP contribution in [0.15, 0.2) is 18.3 Å². The molecule has 1 N–H and O–H groups in total. The van der Waals surface area contributed by atoms with E-state index in [1.807, 2.05) is 12.1 Å². The number of halogens is 2. The Morgan fingerprint density at radius 1 is 1.44 bits per heavy atom. The molecule has 0 saturated heterocycles. The van der Waals surface area contributed by atoms with Crippen LogP contribution in [0.3, 0.4) is 0 Å². The van der Waals surface area contributed by atoms with Crippen LogP contribution in [0.4, 0.5) is 5.69 Å². The molecule has 0 unspecified atom stereocenters. The molecule has 0 aliphatic heterocycles. The van der Waals surface area contributed by atoms with Crippen molar-refractivity contribution in [2.24, 2.45) is 0 Å². The van der Waals surface area contributed by atoms with Gasteiger partial charge in [-0.1, -0.05) is 6.92 Å². The largest absolute Gasteiger partial charge is 0.481 e. The first kappa shape index (κ1) is 13.4. The highest BCUT2D eigenvalue weighted by atomic mass is 35.5. The number of anilines is 1. The number of ether oxygens (including phenoxy) is 1. The molecule has 0 bridgehead atoms. The molecule has 0 radical (unpaired) electrons. The lowest BCUT2D eigenvalue weighted by Gasteiger charge is -2.30. The van der Waals surface area contributed by atoms with Gasteiger partial charge in [0.1, 0.15) is 0 Å². The van der Waals surface area contributed by atoms with E-state index < -0.39 is 0 Å². The Morgan fingerprint density at radius 2 is 2.12 bits per heavy atom. The van der Waals surface area contributed by atoms with Crippen LogP contribution in [-0.4, -0.2) is 29.4 Å². The number of nitrogens with one attached hydrogen (secondary N) is 1. The van der Waals surface area contributed by atoms with Crippen molar-refractivity contribution in [1.29, 1.82) is 0 Å². The molecule has 90 valence electrons. The third-order valence-corrected chi connectivity index (χ3v) is 3.57. The summed E-state index contributed by atoms with van der Waals surface area (Å²) in [5.74, 6) is 1.48. The molecule has 1 rings (SSSR count). The highest BCUT2D eigenvalue weighted by Crippen LogP contribution is 2.23. The summed E-state index contributed by atoms with van der Waals surface area (Å²) in [7, 11) is 1.59. The molecule has 0 aliphatic rings. The van der Waals surface area contributed by atoms with Gasteiger partial charge < -0.3 is 10.1 Å². The standard InChI is InChI=1S/C11H16Cl2N2O/c1-3-11(7-12,8-13)15-9-4-5-14-10(6-9)16-2/h4-6H,3,7-8H2,1-2H3,(H,14,15). The molecule has 1 heterocycles. The van der Waals surface area contributed by atoms with E-state index in [9.17, 15) is 0 Å². The predicted octanol–water partition coefficient (Wildman–Crippen LogP) is 3.13. The lowest BCUT2D eigenvalue weighted by molar-refractivity contribution is 0.398. The molecule has 0 aliphatic carbocycles. The first-order valence-electron chi connectivity index (χ1n) is 5.10. The Bertz CT molecular complexity index is 321. The van der Waals surface area contributed by atoms with E-state index in [-0.39, 0.29) is 5.54 Å². The van der Waals surface area contributed by atoms with Crippen molar-refractivity contribution >= 4 is 28.9 Å². The second kappa shape index (κ2) is 6.16. The summed E-state index contributed by atoms with van der Waals surface area (Å²) in [6, 6.07) is 3.69. The minimum absolute atomic E-state index is 0.282. The zero-order chi connectivity index (χ0) is 12.0. The molecule has 0 amide bonds. The van der Waals surface area contributed by atoms with E-state index in [1.54, 1.807) is 13.3 Å². The molecule has 0 fully saturated rings. The fourth-order valence-electron chi connectivity index (χ4n) is 1.28. The molecule has 1 aromatic rings. The van der Waals surface area contributed by atoms with Crippen LogP contribution in [0.5, 0.6) is 5.88 Å². The van der Waals surface area contributed by atoms with Gasteiger partial charge in [0.15, 0.2) is 0 Å². The molecule has 1 aromatic heterocycles. The van der Waals surface area contributed by atoms with Crippen LogP contribution in [0.1, 0.15) is 13.3 Å². The second-order valence-electron chi connectivity index (χ2n) is 3.61. The predicted molar refractivity (Wildman–Crippen MR) is 68.9 cm³/mol. The highest BCUT2D eigenvalue weighted by Gasteiger charge is 2.25. The number of aromatic nitrogens is 1. The normalized spacial score (nSPS) is 11.2. The van der Waals surface area contributed by atoms with Crippen LogP contribution < -0.4 is 10.1 Å². The Labute approximate surface area is 106 Å². The van der Waals surface area contributed by atoms with Gasteiger partial charge >= 0.3 is 0 Å². The topological polar surface area (TPSA) is 34.2 Å². The summed E-state index contributed by atoms with van der Waals surface area (Å²) in [6.07, 6.45) is 2.54. The first-order valence-corrected chi connectivity index (χ1v) is 6.16. The Hall–Kier alpha value is -0.670. The monoisotopic (exact) mass is 262 g/mol. The molecule has 5 heteroatoms. The second-order valence-corrected chi connectivity index (χ2v) is 4.15. The summed E-state index contributed by atoms with van der Waals surface area (Å²) in [6.45, 7) is 2.05. The van der Waals surface area contributed by atoms with Crippen LogP contribution >= 0.6 is 23.2 Å². The number of alkyl halides is 2. The highest BCUT2D eigenvalue weighted by molar-refractivity contribution is 6.22. The number of methoxy groups -OCH3 is 1. The fourth-order valence-corrected chi connectivity index (χ4v) is 2.08. The van der Waals surface area contributed by atoms with Crippen LogP contribution in [-0.2, 0) is 0 Å². The smallest absolute Gasteiger partial charge is 0.214 e. The van der Waals surface area contributed by atoms with Crippen LogP contribution in [0.25, 0.3) is 0 Å². The van der Waals surface area contributed by atoms with E-state index >= 15 is 0 Å². The van der Waals surface area contributed by atoms with E-state index in [4.69, 9.17) is 27.9 Å². The Kier molecular flexibility index (Phi) is 5.16. The van der Waals surface area contributed by atoms with Crippen molar-refractivity contribution in [1.82, 2.24) is 4.98 Å². The van der Waals surface area contributed by atoms with Crippen molar-refractivity contribution in [3.63, 3.8) is 0 Å². The molecule has 3 nitrogen and oxygen atoms in total. The minimum Gasteiger partial charge on any atom is -0.481 e. The molecule has 16 heavy (non-hydrogen) atoms. The van der Waals surface area contributed by atoms with Crippen LogP contribution in [0, 0.1) is 0 Å². The summed E-state index contributed by atoms with van der Waals surface area (Å²) >= 11 is 11.9. The molecule has 0 atom stereocenters. The number of hydrogen-bond donors (Lipinski definition) is 1. The Balaban J connectivity index is 2.84. The summed E-state index contributed by atoms with van der Waals surface area (Å²) in [5.41, 5.74) is 0.630. The maximum absolute atomic E-state index is 5.95. The summed E-state index contributed by atoms with van der Waals surface area (Å²) < 4.78 is 5.05. The van der Waals surface area contributed by atoms with Gasteiger partial charge in [0.2, 0.25) is 5.88 Å². The maximum Gasteiger partial charge on any atom is 0.214 e. The van der Waals surface area contributed by atoms with Crippen molar-refractivity contribution in [3.8, 4) is 5.88 Å². The lowest BCUT2D eigenvalue weighted by atomic mass is 10.0. The van der Waals surface area contributed by atoms with Gasteiger partial charge in [0.05, 0.1) is 12.6 Å². The van der Waals surface area contributed by atoms with Crippen molar-refractivity contribution < 1.29 is 4.74 Å². The van der Waals surface area contributed by atoms with Crippen molar-refractivity contribution in [2.75, 3.05) is 24.2 Å². The first-order chi connectivity index (χ1) is 7.69. The fraction of sp³-hybridized carbons (Fsp3) is 0.545. The third-order valence-electron chi connectivity index (χ3n) is 2.54. The van der Waals surface area contributed by atoms with E-state index in [0.717, 1.165) is 12.1 Å². The Morgan fingerprint density at radius 3 is 2.62 bits per heavy atom. The van der Waals surface area contributed by atoms with Gasteiger partial charge in [-0.25, -0.2) is 4.98 Å². The van der Waals surface area contributed by atoms with Crippen LogP contribution in [0.2, 0.25) is 0 Å². The quantitative estimate of drug-likeness (QED) is 0.800. The van der Waals surface area contributed by atoms with E-state index in [1.165, 1.54) is 0 Å². The molecule has 0 saturated carbocycles. The number of pyridine rings is 1. The number of nitrogens with zero attached hydrogens (tertiary/aromatic N) is 1. The summed E-state index contributed by atoms with van der Waals surface area (Å²) in [5, 5.41) is 3.33. The molecule has 0 aromatic carbocycles. The average Bonchev–Trinajstić information content (AvgIpc) is 2.36. The SMILES string of the molecule is CCC(CCl)(CCl)Nc1ccnc(OC)c1.